The second-order valence-electron chi connectivity index (χ2n) is 4.63. The van der Waals surface area contributed by atoms with Crippen LogP contribution in [0.1, 0.15) is 19.5 Å². The lowest BCUT2D eigenvalue weighted by Gasteiger charge is -2.06. The first kappa shape index (κ1) is 14.2. The van der Waals surface area contributed by atoms with Crippen LogP contribution < -0.4 is 4.72 Å². The maximum atomic E-state index is 11.7. The van der Waals surface area contributed by atoms with Crippen molar-refractivity contribution in [2.75, 3.05) is 5.75 Å². The molecule has 2 rings (SSSR count). The zero-order valence-electron chi connectivity index (χ0n) is 10.8. The van der Waals surface area contributed by atoms with Crippen molar-refractivity contribution in [2.45, 2.75) is 20.4 Å². The van der Waals surface area contributed by atoms with Crippen molar-refractivity contribution >= 4 is 21.4 Å². The first-order valence-electron chi connectivity index (χ1n) is 5.87. The normalized spacial score (nSPS) is 12.2. The summed E-state index contributed by atoms with van der Waals surface area (Å²) in [5.74, 6) is 0.213. The van der Waals surface area contributed by atoms with Gasteiger partial charge in [0.1, 0.15) is 0 Å². The Hall–Kier alpha value is -1.25. The van der Waals surface area contributed by atoms with Crippen LogP contribution in [0, 0.1) is 5.92 Å². The summed E-state index contributed by atoms with van der Waals surface area (Å²) in [4.78, 5) is 0. The minimum atomic E-state index is -3.25. The van der Waals surface area contributed by atoms with E-state index in [0.29, 0.717) is 5.69 Å². The van der Waals surface area contributed by atoms with Crippen molar-refractivity contribution < 1.29 is 8.42 Å². The molecule has 0 radical (unpaired) electrons. The highest BCUT2D eigenvalue weighted by Gasteiger charge is 2.13. The minimum Gasteiger partial charge on any atom is -0.220 e. The molecular formula is C11H16N4O2S2. The van der Waals surface area contributed by atoms with Gasteiger partial charge in [-0.1, -0.05) is 19.1 Å². The summed E-state index contributed by atoms with van der Waals surface area (Å²) >= 11 is 1.57. The number of aromatic nitrogens is 3. The van der Waals surface area contributed by atoms with Crippen LogP contribution in [0.25, 0.3) is 5.69 Å². The van der Waals surface area contributed by atoms with Crippen molar-refractivity contribution in [2.24, 2.45) is 5.92 Å². The third-order valence-electron chi connectivity index (χ3n) is 2.34. The summed E-state index contributed by atoms with van der Waals surface area (Å²) in [5, 5.41) is 11.8. The van der Waals surface area contributed by atoms with Crippen LogP contribution in [0.4, 0.5) is 0 Å². The molecule has 6 nitrogen and oxygen atoms in total. The van der Waals surface area contributed by atoms with E-state index in [1.807, 2.05) is 30.7 Å². The average Bonchev–Trinajstić information content (AvgIpc) is 2.96. The fraction of sp³-hybridized carbons (Fsp3) is 0.455. The molecule has 0 spiro atoms. The van der Waals surface area contributed by atoms with Gasteiger partial charge < -0.3 is 0 Å². The minimum absolute atomic E-state index is 0.0963. The summed E-state index contributed by atoms with van der Waals surface area (Å²) in [5.41, 5.74) is 1.52. The summed E-state index contributed by atoms with van der Waals surface area (Å²) in [6.45, 7) is 3.90. The van der Waals surface area contributed by atoms with Gasteiger partial charge in [0, 0.05) is 5.38 Å². The van der Waals surface area contributed by atoms with Crippen molar-refractivity contribution in [3.8, 4) is 5.69 Å². The predicted octanol–water partition coefficient (Wildman–Crippen LogP) is 1.40. The average molecular weight is 300 g/mol. The summed E-state index contributed by atoms with van der Waals surface area (Å²) in [6, 6.07) is 1.92. The first-order valence-corrected chi connectivity index (χ1v) is 8.47. The zero-order chi connectivity index (χ0) is 13.9. The van der Waals surface area contributed by atoms with E-state index in [-0.39, 0.29) is 18.2 Å². The van der Waals surface area contributed by atoms with Crippen LogP contribution >= 0.6 is 11.3 Å². The highest BCUT2D eigenvalue weighted by atomic mass is 32.2. The van der Waals surface area contributed by atoms with E-state index < -0.39 is 10.0 Å². The van der Waals surface area contributed by atoms with Crippen LogP contribution in [-0.2, 0) is 16.6 Å². The van der Waals surface area contributed by atoms with E-state index in [4.69, 9.17) is 0 Å². The molecule has 8 heteroatoms. The van der Waals surface area contributed by atoms with E-state index in [2.05, 4.69) is 15.0 Å². The van der Waals surface area contributed by atoms with E-state index in [0.717, 1.165) is 5.69 Å². The van der Waals surface area contributed by atoms with Crippen LogP contribution in [0.15, 0.2) is 23.0 Å². The van der Waals surface area contributed by atoms with Gasteiger partial charge in [-0.05, 0) is 17.4 Å². The molecule has 0 atom stereocenters. The van der Waals surface area contributed by atoms with Gasteiger partial charge >= 0.3 is 0 Å². The molecule has 2 aromatic rings. The van der Waals surface area contributed by atoms with Gasteiger partial charge in [0.05, 0.1) is 29.9 Å². The van der Waals surface area contributed by atoms with Crippen molar-refractivity contribution in [1.82, 2.24) is 19.7 Å². The fourth-order valence-corrected chi connectivity index (χ4v) is 3.56. The Kier molecular flexibility index (Phi) is 4.33. The largest absolute Gasteiger partial charge is 0.220 e. The number of nitrogens with zero attached hydrogens (tertiary/aromatic N) is 3. The van der Waals surface area contributed by atoms with Gasteiger partial charge in [0.15, 0.2) is 0 Å². The lowest BCUT2D eigenvalue weighted by atomic mass is 10.3. The van der Waals surface area contributed by atoms with E-state index in [1.54, 1.807) is 22.2 Å². The standard InChI is InChI=1S/C11H16N4O2S2/c1-9(2)8-19(16,17)12-5-10-6-15(14-13-10)11-3-4-18-7-11/h3-4,6-7,9,12H,5,8H2,1-2H3. The Balaban J connectivity index is 1.98. The quantitative estimate of drug-likeness (QED) is 0.875. The molecule has 1 N–H and O–H groups in total. The van der Waals surface area contributed by atoms with Gasteiger partial charge in [-0.3, -0.25) is 0 Å². The molecule has 2 heterocycles. The van der Waals surface area contributed by atoms with Gasteiger partial charge in [-0.25, -0.2) is 17.8 Å². The third kappa shape index (κ3) is 4.12. The molecule has 0 fully saturated rings. The zero-order valence-corrected chi connectivity index (χ0v) is 12.4. The van der Waals surface area contributed by atoms with Crippen molar-refractivity contribution in [1.29, 1.82) is 0 Å². The highest BCUT2D eigenvalue weighted by Crippen LogP contribution is 2.11. The summed E-state index contributed by atoms with van der Waals surface area (Å²) < 4.78 is 27.5. The molecule has 0 aliphatic heterocycles. The van der Waals surface area contributed by atoms with E-state index in [1.165, 1.54) is 0 Å². The molecule has 0 unspecified atom stereocenters. The SMILES string of the molecule is CC(C)CS(=O)(=O)NCc1cn(-c2ccsc2)nn1. The maximum Gasteiger partial charge on any atom is 0.212 e. The molecule has 0 bridgehead atoms. The molecule has 0 saturated carbocycles. The smallest absolute Gasteiger partial charge is 0.212 e. The van der Waals surface area contributed by atoms with Crippen LogP contribution in [0.2, 0.25) is 0 Å². The highest BCUT2D eigenvalue weighted by molar-refractivity contribution is 7.89. The monoisotopic (exact) mass is 300 g/mol. The van der Waals surface area contributed by atoms with Crippen molar-refractivity contribution in [3.05, 3.63) is 28.7 Å². The molecule has 0 aliphatic carbocycles. The van der Waals surface area contributed by atoms with Crippen LogP contribution in [-0.4, -0.2) is 29.2 Å². The summed E-state index contributed by atoms with van der Waals surface area (Å²) in [7, 11) is -3.25. The van der Waals surface area contributed by atoms with E-state index in [9.17, 15) is 8.42 Å². The molecular weight excluding hydrogens is 284 g/mol. The molecule has 2 aromatic heterocycles. The molecule has 0 saturated heterocycles. The molecule has 0 aliphatic rings. The van der Waals surface area contributed by atoms with Crippen LogP contribution in [0.3, 0.4) is 0 Å². The lowest BCUT2D eigenvalue weighted by Crippen LogP contribution is -2.28. The van der Waals surface area contributed by atoms with Gasteiger partial charge in [0.2, 0.25) is 10.0 Å². The number of thiophene rings is 1. The Labute approximate surface area is 116 Å². The Bertz CT molecular complexity index is 617. The molecule has 0 aromatic carbocycles. The third-order valence-corrected chi connectivity index (χ3v) is 4.70. The van der Waals surface area contributed by atoms with Gasteiger partial charge in [-0.2, -0.15) is 11.3 Å². The molecule has 19 heavy (non-hydrogen) atoms. The predicted molar refractivity (Wildman–Crippen MR) is 74.7 cm³/mol. The summed E-state index contributed by atoms with van der Waals surface area (Å²) in [6.07, 6.45) is 1.72. The van der Waals surface area contributed by atoms with Crippen molar-refractivity contribution in [3.63, 3.8) is 0 Å². The second kappa shape index (κ2) is 5.81. The Morgan fingerprint density at radius 2 is 2.26 bits per heavy atom. The number of nitrogens with one attached hydrogen (secondary N) is 1. The Morgan fingerprint density at radius 3 is 2.89 bits per heavy atom. The molecule has 104 valence electrons. The topological polar surface area (TPSA) is 76.9 Å². The maximum absolute atomic E-state index is 11.7. The number of sulfonamides is 1. The second-order valence-corrected chi connectivity index (χ2v) is 7.26. The number of hydrogen-bond acceptors (Lipinski definition) is 5. The van der Waals surface area contributed by atoms with Gasteiger partial charge in [-0.15, -0.1) is 5.10 Å². The first-order chi connectivity index (χ1) is 8.96. The van der Waals surface area contributed by atoms with Gasteiger partial charge in [0.25, 0.3) is 0 Å². The van der Waals surface area contributed by atoms with Crippen LogP contribution in [0.5, 0.6) is 0 Å². The fourth-order valence-electron chi connectivity index (χ4n) is 1.57. The number of rotatable bonds is 6. The Morgan fingerprint density at radius 1 is 1.47 bits per heavy atom. The number of hydrogen-bond donors (Lipinski definition) is 1. The van der Waals surface area contributed by atoms with E-state index >= 15 is 0 Å². The molecule has 0 amide bonds. The lowest BCUT2D eigenvalue weighted by molar-refractivity contribution is 0.567.